The van der Waals surface area contributed by atoms with Crippen LogP contribution < -0.4 is 15.0 Å². The number of rotatable bonds is 5. The molecule has 7 heteroatoms. The van der Waals surface area contributed by atoms with Crippen molar-refractivity contribution in [1.82, 2.24) is 14.9 Å². The van der Waals surface area contributed by atoms with Crippen molar-refractivity contribution in [2.45, 2.75) is 25.9 Å². The maximum Gasteiger partial charge on any atom is 0.174 e. The van der Waals surface area contributed by atoms with Gasteiger partial charge in [0.15, 0.2) is 5.11 Å². The lowest BCUT2D eigenvalue weighted by Gasteiger charge is -2.28. The summed E-state index contributed by atoms with van der Waals surface area (Å²) in [5, 5.41) is 4.05. The number of methoxy groups -OCH3 is 1. The van der Waals surface area contributed by atoms with Gasteiger partial charge >= 0.3 is 0 Å². The molecule has 1 aliphatic rings. The summed E-state index contributed by atoms with van der Waals surface area (Å²) in [6, 6.07) is 22.2. The Hall–Kier alpha value is -3.71. The highest BCUT2D eigenvalue weighted by molar-refractivity contribution is 7.80. The molecule has 1 N–H and O–H groups in total. The number of pyridine rings is 1. The number of hydrogen-bond donors (Lipinski definition) is 1. The minimum absolute atomic E-state index is 0.161. The number of nitrogens with zero attached hydrogens (tertiary/aromatic N) is 3. The van der Waals surface area contributed by atoms with Crippen LogP contribution in [0.2, 0.25) is 0 Å². The number of ether oxygens (including phenoxy) is 1. The van der Waals surface area contributed by atoms with Crippen LogP contribution in [0.4, 0.5) is 10.1 Å². The number of aromatic nitrogens is 2. The normalized spacial score (nSPS) is 17.6. The fraction of sp³-hybridized carbons (Fsp3) is 0.185. The van der Waals surface area contributed by atoms with Gasteiger partial charge in [-0.15, -0.1) is 0 Å². The van der Waals surface area contributed by atoms with Crippen molar-refractivity contribution in [2.24, 2.45) is 0 Å². The van der Waals surface area contributed by atoms with Gasteiger partial charge in [0, 0.05) is 29.0 Å². The van der Waals surface area contributed by atoms with Crippen LogP contribution in [0.1, 0.15) is 34.7 Å². The summed E-state index contributed by atoms with van der Waals surface area (Å²) in [5.41, 5.74) is 6.12. The molecule has 3 heterocycles. The van der Waals surface area contributed by atoms with Crippen molar-refractivity contribution in [3.8, 4) is 11.4 Å². The quantitative estimate of drug-likeness (QED) is 0.371. The molecule has 1 saturated heterocycles. The molecule has 4 aromatic rings. The molecule has 172 valence electrons. The third-order valence-electron chi connectivity index (χ3n) is 6.32. The summed E-state index contributed by atoms with van der Waals surface area (Å²) in [4.78, 5) is 6.68. The van der Waals surface area contributed by atoms with E-state index in [9.17, 15) is 4.39 Å². The number of benzene rings is 2. The van der Waals surface area contributed by atoms with Crippen molar-refractivity contribution >= 4 is 23.0 Å². The Morgan fingerprint density at radius 2 is 1.68 bits per heavy atom. The van der Waals surface area contributed by atoms with E-state index >= 15 is 0 Å². The molecule has 0 aliphatic carbocycles. The van der Waals surface area contributed by atoms with Crippen LogP contribution in [-0.2, 0) is 0 Å². The Balaban J connectivity index is 1.65. The fourth-order valence-electron chi connectivity index (χ4n) is 4.77. The smallest absolute Gasteiger partial charge is 0.174 e. The molecule has 0 spiro atoms. The Morgan fingerprint density at radius 3 is 2.32 bits per heavy atom. The van der Waals surface area contributed by atoms with Gasteiger partial charge in [0.05, 0.1) is 24.9 Å². The van der Waals surface area contributed by atoms with Gasteiger partial charge < -0.3 is 19.5 Å². The molecule has 0 amide bonds. The first-order valence-corrected chi connectivity index (χ1v) is 11.5. The lowest BCUT2D eigenvalue weighted by Crippen LogP contribution is -2.29. The molecule has 2 atom stereocenters. The zero-order valence-corrected chi connectivity index (χ0v) is 20.0. The Bertz CT molecular complexity index is 1320. The standard InChI is InChI=1S/C27H25FN4OS/c1-17-16-23(18(2)31(17)20-11-13-22(33-3)14-12-20)26-25(24-6-4-5-15-29-24)30-27(34)32(26)21-9-7-19(28)8-10-21/h4-16,25-26H,1-3H3,(H,30,34)/t25-,26-/m1/s1. The highest BCUT2D eigenvalue weighted by Crippen LogP contribution is 2.43. The van der Waals surface area contributed by atoms with Gasteiger partial charge in [0.1, 0.15) is 11.6 Å². The van der Waals surface area contributed by atoms with Gasteiger partial charge in [-0.2, -0.15) is 0 Å². The lowest BCUT2D eigenvalue weighted by molar-refractivity contribution is 0.414. The second kappa shape index (κ2) is 8.91. The molecular weight excluding hydrogens is 447 g/mol. The third kappa shape index (κ3) is 3.82. The van der Waals surface area contributed by atoms with Crippen LogP contribution in [0.5, 0.6) is 5.75 Å². The largest absolute Gasteiger partial charge is 0.497 e. The zero-order chi connectivity index (χ0) is 23.8. The van der Waals surface area contributed by atoms with E-state index in [1.54, 1.807) is 25.4 Å². The molecule has 1 fully saturated rings. The number of hydrogen-bond acceptors (Lipinski definition) is 3. The van der Waals surface area contributed by atoms with Gasteiger partial charge in [0.2, 0.25) is 0 Å². The van der Waals surface area contributed by atoms with Crippen molar-refractivity contribution in [3.63, 3.8) is 0 Å². The molecule has 2 aromatic carbocycles. The Labute approximate surface area is 203 Å². The summed E-state index contributed by atoms with van der Waals surface area (Å²) in [5.74, 6) is 0.534. The van der Waals surface area contributed by atoms with Crippen LogP contribution >= 0.6 is 12.2 Å². The monoisotopic (exact) mass is 472 g/mol. The zero-order valence-electron chi connectivity index (χ0n) is 19.2. The Morgan fingerprint density at radius 1 is 0.971 bits per heavy atom. The first-order valence-electron chi connectivity index (χ1n) is 11.1. The average molecular weight is 473 g/mol. The summed E-state index contributed by atoms with van der Waals surface area (Å²) in [7, 11) is 1.66. The first-order chi connectivity index (χ1) is 16.5. The fourth-order valence-corrected chi connectivity index (χ4v) is 5.11. The van der Waals surface area contributed by atoms with E-state index in [-0.39, 0.29) is 17.9 Å². The van der Waals surface area contributed by atoms with Crippen molar-refractivity contribution in [3.05, 3.63) is 107 Å². The van der Waals surface area contributed by atoms with Gasteiger partial charge in [-0.05, 0) is 98.4 Å². The molecule has 0 radical (unpaired) electrons. The topological polar surface area (TPSA) is 42.3 Å². The molecule has 0 bridgehead atoms. The number of anilines is 1. The SMILES string of the molecule is COc1ccc(-n2c(C)cc([C@@H]3[C@@H](c4ccccn4)NC(=S)N3c3ccc(F)cc3)c2C)cc1. The molecule has 1 aliphatic heterocycles. The van der Waals surface area contributed by atoms with Crippen LogP contribution in [0.15, 0.2) is 79.0 Å². The van der Waals surface area contributed by atoms with Crippen molar-refractivity contribution in [2.75, 3.05) is 12.0 Å². The lowest BCUT2D eigenvalue weighted by atomic mass is 9.96. The van der Waals surface area contributed by atoms with Gasteiger partial charge in [0.25, 0.3) is 0 Å². The van der Waals surface area contributed by atoms with Crippen molar-refractivity contribution in [1.29, 1.82) is 0 Å². The Kier molecular flexibility index (Phi) is 5.79. The average Bonchev–Trinajstić information content (AvgIpc) is 3.35. The van der Waals surface area contributed by atoms with E-state index in [4.69, 9.17) is 17.0 Å². The number of nitrogens with one attached hydrogen (secondary N) is 1. The van der Waals surface area contributed by atoms with E-state index < -0.39 is 0 Å². The van der Waals surface area contributed by atoms with E-state index in [1.165, 1.54) is 12.1 Å². The molecule has 0 unspecified atom stereocenters. The number of aryl methyl sites for hydroxylation is 1. The summed E-state index contributed by atoms with van der Waals surface area (Å²) >= 11 is 5.79. The van der Waals surface area contributed by atoms with Gasteiger partial charge in [-0.25, -0.2) is 4.39 Å². The maximum absolute atomic E-state index is 13.7. The minimum atomic E-state index is -0.280. The van der Waals surface area contributed by atoms with Crippen LogP contribution in [0, 0.1) is 19.7 Å². The molecule has 0 saturated carbocycles. The highest BCUT2D eigenvalue weighted by Gasteiger charge is 2.42. The summed E-state index contributed by atoms with van der Waals surface area (Å²) < 4.78 is 21.3. The minimum Gasteiger partial charge on any atom is -0.497 e. The molecule has 5 rings (SSSR count). The maximum atomic E-state index is 13.7. The first kappa shape index (κ1) is 22.1. The van der Waals surface area contributed by atoms with Gasteiger partial charge in [-0.1, -0.05) is 6.07 Å². The van der Waals surface area contributed by atoms with Crippen LogP contribution in [0.3, 0.4) is 0 Å². The van der Waals surface area contributed by atoms with E-state index in [1.807, 2.05) is 42.5 Å². The van der Waals surface area contributed by atoms with Crippen molar-refractivity contribution < 1.29 is 9.13 Å². The second-order valence-electron chi connectivity index (χ2n) is 8.33. The molecular formula is C27H25FN4OS. The van der Waals surface area contributed by atoms with E-state index in [0.29, 0.717) is 5.11 Å². The van der Waals surface area contributed by atoms with Crippen LogP contribution in [0.25, 0.3) is 5.69 Å². The molecule has 5 nitrogen and oxygen atoms in total. The third-order valence-corrected chi connectivity index (χ3v) is 6.64. The number of thiocarbonyl (C=S) groups is 1. The second-order valence-corrected chi connectivity index (χ2v) is 8.72. The van der Waals surface area contributed by atoms with E-state index in [0.717, 1.165) is 39.8 Å². The predicted octanol–water partition coefficient (Wildman–Crippen LogP) is 5.81. The van der Waals surface area contributed by atoms with Gasteiger partial charge in [-0.3, -0.25) is 4.98 Å². The number of halogens is 1. The molecule has 34 heavy (non-hydrogen) atoms. The predicted molar refractivity (Wildman–Crippen MR) is 136 cm³/mol. The summed E-state index contributed by atoms with van der Waals surface area (Å²) in [6.45, 7) is 4.21. The highest BCUT2D eigenvalue weighted by atomic mass is 32.1. The van der Waals surface area contributed by atoms with E-state index in [2.05, 4.69) is 39.7 Å². The van der Waals surface area contributed by atoms with Crippen LogP contribution in [-0.4, -0.2) is 21.8 Å². The molecule has 2 aromatic heterocycles. The summed E-state index contributed by atoms with van der Waals surface area (Å²) in [6.07, 6.45) is 1.79.